The third-order valence-corrected chi connectivity index (χ3v) is 13.1. The lowest BCUT2D eigenvalue weighted by Gasteiger charge is -2.61. The number of carbonyl (C=O) groups excluding carboxylic acids is 1. The van der Waals surface area contributed by atoms with Gasteiger partial charge in [0.15, 0.2) is 0 Å². The molecule has 1 aliphatic heterocycles. The Labute approximate surface area is 229 Å². The van der Waals surface area contributed by atoms with Crippen LogP contribution in [0.15, 0.2) is 0 Å². The van der Waals surface area contributed by atoms with Crippen molar-refractivity contribution in [2.75, 3.05) is 19.6 Å². The molecule has 0 aromatic heterocycles. The fourth-order valence-corrected chi connectivity index (χ4v) is 11.0. The number of fused-ring (bicyclic) bond motifs is 5. The van der Waals surface area contributed by atoms with Gasteiger partial charge < -0.3 is 10.2 Å². The molecule has 1 saturated heterocycles. The summed E-state index contributed by atoms with van der Waals surface area (Å²) >= 11 is 0. The maximum Gasteiger partial charge on any atom is 0.222 e. The zero-order valence-corrected chi connectivity index (χ0v) is 25.2. The van der Waals surface area contributed by atoms with Crippen LogP contribution in [0.2, 0.25) is 0 Å². The van der Waals surface area contributed by atoms with E-state index >= 15 is 0 Å². The molecule has 3 heteroatoms. The van der Waals surface area contributed by atoms with Crippen LogP contribution in [0.3, 0.4) is 0 Å². The fourth-order valence-electron chi connectivity index (χ4n) is 11.0. The average molecular weight is 513 g/mol. The van der Waals surface area contributed by atoms with Gasteiger partial charge in [-0.05, 0) is 129 Å². The van der Waals surface area contributed by atoms with Gasteiger partial charge in [-0.15, -0.1) is 0 Å². The van der Waals surface area contributed by atoms with Gasteiger partial charge >= 0.3 is 0 Å². The van der Waals surface area contributed by atoms with Gasteiger partial charge in [-0.1, -0.05) is 53.9 Å². The second-order valence-electron chi connectivity index (χ2n) is 15.5. The maximum atomic E-state index is 11.9. The largest absolute Gasteiger partial charge is 0.343 e. The molecule has 4 unspecified atom stereocenters. The molecule has 3 nitrogen and oxygen atoms in total. The molecule has 5 fully saturated rings. The third kappa shape index (κ3) is 5.55. The van der Waals surface area contributed by atoms with Crippen LogP contribution in [0, 0.1) is 52.3 Å². The van der Waals surface area contributed by atoms with Gasteiger partial charge in [0.2, 0.25) is 5.91 Å². The second-order valence-corrected chi connectivity index (χ2v) is 15.5. The van der Waals surface area contributed by atoms with Crippen LogP contribution in [-0.4, -0.2) is 36.5 Å². The minimum absolute atomic E-state index is 0.378. The van der Waals surface area contributed by atoms with Crippen molar-refractivity contribution in [1.82, 2.24) is 10.2 Å². The number of carbonyl (C=O) groups is 1. The van der Waals surface area contributed by atoms with Crippen molar-refractivity contribution in [3.05, 3.63) is 0 Å². The summed E-state index contributed by atoms with van der Waals surface area (Å²) in [5.74, 6) is 7.06. The van der Waals surface area contributed by atoms with Gasteiger partial charge in [-0.3, -0.25) is 4.79 Å². The van der Waals surface area contributed by atoms with E-state index in [1.54, 1.807) is 0 Å². The zero-order chi connectivity index (χ0) is 26.2. The summed E-state index contributed by atoms with van der Waals surface area (Å²) in [5.41, 5.74) is 1.21. The molecule has 1 N–H and O–H groups in total. The number of hydrogen-bond donors (Lipinski definition) is 1. The Morgan fingerprint density at radius 2 is 1.70 bits per heavy atom. The van der Waals surface area contributed by atoms with Gasteiger partial charge in [0.1, 0.15) is 0 Å². The minimum Gasteiger partial charge on any atom is -0.343 e. The number of rotatable bonds is 10. The summed E-state index contributed by atoms with van der Waals surface area (Å²) in [7, 11) is 0. The lowest BCUT2D eigenvalue weighted by atomic mass is 9.44. The molecule has 9 atom stereocenters. The van der Waals surface area contributed by atoms with Gasteiger partial charge in [0.25, 0.3) is 0 Å². The lowest BCUT2D eigenvalue weighted by molar-refractivity contribution is -0.127. The first-order valence-corrected chi connectivity index (χ1v) is 16.7. The highest BCUT2D eigenvalue weighted by molar-refractivity contribution is 5.77. The Morgan fingerprint density at radius 3 is 2.46 bits per heavy atom. The van der Waals surface area contributed by atoms with Crippen molar-refractivity contribution >= 4 is 5.91 Å². The van der Waals surface area contributed by atoms with Gasteiger partial charge in [0, 0.05) is 25.6 Å². The summed E-state index contributed by atoms with van der Waals surface area (Å²) in [4.78, 5) is 14.0. The van der Waals surface area contributed by atoms with Crippen molar-refractivity contribution in [2.45, 2.75) is 137 Å². The minimum atomic E-state index is 0.378. The maximum absolute atomic E-state index is 11.9. The molecule has 0 bridgehead atoms. The Morgan fingerprint density at radius 1 is 0.919 bits per heavy atom. The molecule has 5 rings (SSSR count). The van der Waals surface area contributed by atoms with E-state index < -0.39 is 0 Å². The van der Waals surface area contributed by atoms with Crippen LogP contribution >= 0.6 is 0 Å². The monoisotopic (exact) mass is 512 g/mol. The number of amides is 1. The highest BCUT2D eigenvalue weighted by atomic mass is 16.2. The van der Waals surface area contributed by atoms with E-state index in [1.165, 1.54) is 77.0 Å². The summed E-state index contributed by atoms with van der Waals surface area (Å²) in [5, 5.41) is 3.93. The molecule has 37 heavy (non-hydrogen) atoms. The van der Waals surface area contributed by atoms with E-state index in [1.807, 2.05) is 0 Å². The summed E-state index contributed by atoms with van der Waals surface area (Å²) in [6.45, 7) is 15.9. The molecule has 0 spiro atoms. The lowest BCUT2D eigenvalue weighted by Crippen LogP contribution is -2.55. The molecule has 4 aliphatic carbocycles. The van der Waals surface area contributed by atoms with Crippen LogP contribution in [0.5, 0.6) is 0 Å². The number of nitrogens with one attached hydrogen (secondary N) is 1. The Kier molecular flexibility index (Phi) is 8.70. The van der Waals surface area contributed by atoms with Crippen molar-refractivity contribution in [2.24, 2.45) is 52.3 Å². The van der Waals surface area contributed by atoms with Crippen molar-refractivity contribution in [1.29, 1.82) is 0 Å². The summed E-state index contributed by atoms with van der Waals surface area (Å²) in [6, 6.07) is 0.709. The molecule has 0 aromatic rings. The molecule has 5 aliphatic rings. The van der Waals surface area contributed by atoms with E-state index in [9.17, 15) is 4.79 Å². The predicted molar refractivity (Wildman–Crippen MR) is 155 cm³/mol. The highest BCUT2D eigenvalue weighted by Crippen LogP contribution is 2.68. The Hall–Kier alpha value is -0.570. The van der Waals surface area contributed by atoms with E-state index in [2.05, 4.69) is 44.8 Å². The first-order valence-electron chi connectivity index (χ1n) is 16.7. The molecule has 0 radical (unpaired) electrons. The van der Waals surface area contributed by atoms with E-state index in [0.717, 1.165) is 80.3 Å². The smallest absolute Gasteiger partial charge is 0.222 e. The molecule has 212 valence electrons. The van der Waals surface area contributed by atoms with Crippen molar-refractivity contribution < 1.29 is 4.79 Å². The first-order chi connectivity index (χ1) is 17.7. The van der Waals surface area contributed by atoms with E-state index in [-0.39, 0.29) is 0 Å². The van der Waals surface area contributed by atoms with Crippen molar-refractivity contribution in [3.8, 4) is 0 Å². The molecule has 0 aromatic carbocycles. The average Bonchev–Trinajstić information content (AvgIpc) is 3.43. The summed E-state index contributed by atoms with van der Waals surface area (Å²) in [6.07, 6.45) is 20.6. The van der Waals surface area contributed by atoms with E-state index in [4.69, 9.17) is 0 Å². The van der Waals surface area contributed by atoms with Gasteiger partial charge in [-0.25, -0.2) is 0 Å². The molecular formula is C34H60N2O. The number of likely N-dealkylation sites (tertiary alicyclic amines) is 1. The van der Waals surface area contributed by atoms with Crippen molar-refractivity contribution in [3.63, 3.8) is 0 Å². The Balaban J connectivity index is 1.13. The predicted octanol–water partition coefficient (Wildman–Crippen LogP) is 8.08. The zero-order valence-electron chi connectivity index (χ0n) is 25.2. The van der Waals surface area contributed by atoms with E-state index in [0.29, 0.717) is 22.8 Å². The fraction of sp³-hybridized carbons (Fsp3) is 0.971. The van der Waals surface area contributed by atoms with Crippen LogP contribution in [0.4, 0.5) is 0 Å². The quantitative estimate of drug-likeness (QED) is 0.300. The Bertz CT molecular complexity index is 780. The van der Waals surface area contributed by atoms with Gasteiger partial charge in [0.05, 0.1) is 0 Å². The highest BCUT2D eigenvalue weighted by Gasteiger charge is 2.60. The van der Waals surface area contributed by atoms with Crippen LogP contribution in [-0.2, 0) is 4.79 Å². The molecule has 4 saturated carbocycles. The molecule has 1 heterocycles. The molecule has 1 amide bonds. The first kappa shape index (κ1) is 28.0. The number of hydrogen-bond acceptors (Lipinski definition) is 2. The SMILES string of the molecule is CC(C)CCC[C@@H](C)[C@H]1CCC2C3CCC4C[C@@H](NCCCN5CCCC5=O)CC[C@]4(C)C3CC[C@@]21C. The van der Waals surface area contributed by atoms with Crippen LogP contribution in [0.25, 0.3) is 0 Å². The second kappa shape index (κ2) is 11.5. The molecular weight excluding hydrogens is 452 g/mol. The van der Waals surface area contributed by atoms with Gasteiger partial charge in [-0.2, -0.15) is 0 Å². The topological polar surface area (TPSA) is 32.3 Å². The number of nitrogens with zero attached hydrogens (tertiary/aromatic N) is 1. The van der Waals surface area contributed by atoms with Crippen LogP contribution in [0.1, 0.15) is 131 Å². The third-order valence-electron chi connectivity index (χ3n) is 13.1. The van der Waals surface area contributed by atoms with Crippen LogP contribution < -0.4 is 5.32 Å². The summed E-state index contributed by atoms with van der Waals surface area (Å²) < 4.78 is 0. The standard InChI is InChI=1S/C34H60N2O/c1-24(2)9-6-10-25(3)29-14-15-30-28-13-12-26-23-27(35-20-8-22-36-21-7-11-32(36)37)16-18-33(26,4)31(28)17-19-34(29,30)5/h24-31,35H,6-23H2,1-5H3/t25-,26?,27+,28?,29-,30?,31?,33+,34-/m1/s1. The normalized spacial score (nSPS) is 42.5.